The Hall–Kier alpha value is -1.13. The Morgan fingerprint density at radius 3 is 2.42 bits per heavy atom. The van der Waals surface area contributed by atoms with Crippen LogP contribution in [0.5, 0.6) is 0 Å². The first kappa shape index (κ1) is 15.9. The summed E-state index contributed by atoms with van der Waals surface area (Å²) in [6, 6.07) is 4.63. The highest BCUT2D eigenvalue weighted by Gasteiger charge is 2.16. The second kappa shape index (κ2) is 8.12. The van der Waals surface area contributed by atoms with E-state index in [4.69, 9.17) is 10.5 Å². The van der Waals surface area contributed by atoms with E-state index in [0.29, 0.717) is 6.04 Å². The van der Waals surface area contributed by atoms with Gasteiger partial charge in [0.2, 0.25) is 0 Å². The van der Waals surface area contributed by atoms with Gasteiger partial charge in [0, 0.05) is 25.7 Å². The van der Waals surface area contributed by atoms with Crippen molar-refractivity contribution in [1.82, 2.24) is 4.98 Å². The van der Waals surface area contributed by atoms with Crippen molar-refractivity contribution < 1.29 is 4.74 Å². The van der Waals surface area contributed by atoms with E-state index in [1.54, 1.807) is 7.11 Å². The van der Waals surface area contributed by atoms with Crippen molar-refractivity contribution in [3.05, 3.63) is 24.0 Å². The van der Waals surface area contributed by atoms with Crippen molar-refractivity contribution in [2.75, 3.05) is 25.2 Å². The Morgan fingerprint density at radius 2 is 2.00 bits per heavy atom. The van der Waals surface area contributed by atoms with Crippen LogP contribution in [0.4, 0.5) is 5.69 Å². The molecule has 0 aliphatic heterocycles. The standard InChI is InChI=1S/C15H27N3O/c1-5-13(6-2)18(9-10-19-4)14-7-8-15(12(3)16)17-11-14/h7-8,11-13H,5-6,9-10,16H2,1-4H3/t12-/m1/s1. The minimum absolute atomic E-state index is 0.0189. The molecule has 0 amide bonds. The molecule has 0 aliphatic rings. The van der Waals surface area contributed by atoms with Gasteiger partial charge in [-0.15, -0.1) is 0 Å². The van der Waals surface area contributed by atoms with Gasteiger partial charge in [-0.1, -0.05) is 13.8 Å². The normalized spacial score (nSPS) is 12.7. The lowest BCUT2D eigenvalue weighted by Gasteiger charge is -2.32. The number of pyridine rings is 1. The first-order valence-corrected chi connectivity index (χ1v) is 7.11. The molecule has 0 bridgehead atoms. The van der Waals surface area contributed by atoms with Crippen LogP contribution in [0.3, 0.4) is 0 Å². The molecule has 0 unspecified atom stereocenters. The summed E-state index contributed by atoms with van der Waals surface area (Å²) in [6.45, 7) is 8.01. The number of nitrogens with two attached hydrogens (primary N) is 1. The summed E-state index contributed by atoms with van der Waals surface area (Å²) < 4.78 is 5.21. The molecule has 108 valence electrons. The molecule has 0 aliphatic carbocycles. The van der Waals surface area contributed by atoms with E-state index in [1.165, 1.54) is 0 Å². The van der Waals surface area contributed by atoms with E-state index in [1.807, 2.05) is 19.2 Å². The molecule has 0 fully saturated rings. The quantitative estimate of drug-likeness (QED) is 0.785. The summed E-state index contributed by atoms with van der Waals surface area (Å²) in [5.41, 5.74) is 7.91. The fourth-order valence-electron chi connectivity index (χ4n) is 2.28. The minimum Gasteiger partial charge on any atom is -0.383 e. The van der Waals surface area contributed by atoms with Crippen molar-refractivity contribution in [3.63, 3.8) is 0 Å². The molecule has 1 heterocycles. The van der Waals surface area contributed by atoms with Crippen LogP contribution < -0.4 is 10.6 Å². The van der Waals surface area contributed by atoms with Gasteiger partial charge in [0.15, 0.2) is 0 Å². The fraction of sp³-hybridized carbons (Fsp3) is 0.667. The third kappa shape index (κ3) is 4.48. The number of methoxy groups -OCH3 is 1. The summed E-state index contributed by atoms with van der Waals surface area (Å²) in [4.78, 5) is 6.83. The minimum atomic E-state index is -0.0189. The zero-order chi connectivity index (χ0) is 14.3. The predicted molar refractivity (Wildman–Crippen MR) is 80.4 cm³/mol. The van der Waals surface area contributed by atoms with E-state index in [-0.39, 0.29) is 6.04 Å². The van der Waals surface area contributed by atoms with Crippen molar-refractivity contribution in [2.24, 2.45) is 5.73 Å². The predicted octanol–water partition coefficient (Wildman–Crippen LogP) is 2.74. The number of nitrogens with zero attached hydrogens (tertiary/aromatic N) is 2. The zero-order valence-corrected chi connectivity index (χ0v) is 12.6. The first-order valence-electron chi connectivity index (χ1n) is 7.11. The Kier molecular flexibility index (Phi) is 6.81. The average Bonchev–Trinajstić information content (AvgIpc) is 2.43. The van der Waals surface area contributed by atoms with Gasteiger partial charge in [0.05, 0.1) is 24.2 Å². The van der Waals surface area contributed by atoms with E-state index in [0.717, 1.165) is 37.4 Å². The van der Waals surface area contributed by atoms with Gasteiger partial charge < -0.3 is 15.4 Å². The molecule has 0 saturated carbocycles. The van der Waals surface area contributed by atoms with Gasteiger partial charge in [-0.25, -0.2) is 0 Å². The highest BCUT2D eigenvalue weighted by molar-refractivity contribution is 5.46. The number of hydrogen-bond donors (Lipinski definition) is 1. The molecule has 0 radical (unpaired) electrons. The summed E-state index contributed by atoms with van der Waals surface area (Å²) in [6.07, 6.45) is 4.16. The molecule has 1 aromatic heterocycles. The molecule has 0 spiro atoms. The average molecular weight is 265 g/mol. The third-order valence-corrected chi connectivity index (χ3v) is 3.49. The van der Waals surface area contributed by atoms with Crippen LogP contribution in [0.2, 0.25) is 0 Å². The lowest BCUT2D eigenvalue weighted by atomic mass is 10.1. The summed E-state index contributed by atoms with van der Waals surface area (Å²) in [5.74, 6) is 0. The SMILES string of the molecule is CCC(CC)N(CCOC)c1ccc([C@@H](C)N)nc1. The lowest BCUT2D eigenvalue weighted by Crippen LogP contribution is -2.37. The van der Waals surface area contributed by atoms with Gasteiger partial charge in [0.1, 0.15) is 0 Å². The number of hydrogen-bond acceptors (Lipinski definition) is 4. The molecule has 4 nitrogen and oxygen atoms in total. The maximum absolute atomic E-state index is 5.84. The molecule has 0 saturated heterocycles. The third-order valence-electron chi connectivity index (χ3n) is 3.49. The van der Waals surface area contributed by atoms with Crippen LogP contribution in [0.1, 0.15) is 45.3 Å². The largest absolute Gasteiger partial charge is 0.383 e. The van der Waals surface area contributed by atoms with Gasteiger partial charge in [-0.3, -0.25) is 4.98 Å². The maximum Gasteiger partial charge on any atom is 0.0637 e. The second-order valence-electron chi connectivity index (χ2n) is 4.89. The van der Waals surface area contributed by atoms with Crippen LogP contribution in [0, 0.1) is 0 Å². The highest BCUT2D eigenvalue weighted by Crippen LogP contribution is 2.20. The fourth-order valence-corrected chi connectivity index (χ4v) is 2.28. The molecule has 19 heavy (non-hydrogen) atoms. The van der Waals surface area contributed by atoms with Crippen LogP contribution in [-0.2, 0) is 4.74 Å². The molecule has 1 atom stereocenters. The topological polar surface area (TPSA) is 51.4 Å². The van der Waals surface area contributed by atoms with Crippen LogP contribution in [0.15, 0.2) is 18.3 Å². The van der Waals surface area contributed by atoms with Gasteiger partial charge in [-0.2, -0.15) is 0 Å². The smallest absolute Gasteiger partial charge is 0.0637 e. The number of ether oxygens (including phenoxy) is 1. The Bertz CT molecular complexity index is 347. The molecule has 1 aromatic rings. The number of rotatable bonds is 8. The van der Waals surface area contributed by atoms with Gasteiger partial charge in [-0.05, 0) is 31.9 Å². The number of anilines is 1. The van der Waals surface area contributed by atoms with Crippen LogP contribution in [-0.4, -0.2) is 31.3 Å². The lowest BCUT2D eigenvalue weighted by molar-refractivity contribution is 0.202. The van der Waals surface area contributed by atoms with Crippen molar-refractivity contribution in [1.29, 1.82) is 0 Å². The Balaban J connectivity index is 2.89. The maximum atomic E-state index is 5.84. The molecule has 0 aromatic carbocycles. The van der Waals surface area contributed by atoms with E-state index < -0.39 is 0 Å². The Labute approximate surface area is 117 Å². The van der Waals surface area contributed by atoms with E-state index >= 15 is 0 Å². The van der Waals surface area contributed by atoms with E-state index in [9.17, 15) is 0 Å². The molecular weight excluding hydrogens is 238 g/mol. The monoisotopic (exact) mass is 265 g/mol. The second-order valence-corrected chi connectivity index (χ2v) is 4.89. The molecule has 4 heteroatoms. The van der Waals surface area contributed by atoms with Crippen LogP contribution in [0.25, 0.3) is 0 Å². The molecular formula is C15H27N3O. The van der Waals surface area contributed by atoms with Crippen molar-refractivity contribution >= 4 is 5.69 Å². The van der Waals surface area contributed by atoms with Crippen LogP contribution >= 0.6 is 0 Å². The molecule has 2 N–H and O–H groups in total. The number of aromatic nitrogens is 1. The summed E-state index contributed by atoms with van der Waals surface area (Å²) >= 11 is 0. The van der Waals surface area contributed by atoms with Crippen molar-refractivity contribution in [2.45, 2.75) is 45.7 Å². The summed E-state index contributed by atoms with van der Waals surface area (Å²) in [7, 11) is 1.74. The highest BCUT2D eigenvalue weighted by atomic mass is 16.5. The zero-order valence-electron chi connectivity index (χ0n) is 12.6. The van der Waals surface area contributed by atoms with Crippen molar-refractivity contribution in [3.8, 4) is 0 Å². The molecule has 1 rings (SSSR count). The van der Waals surface area contributed by atoms with Gasteiger partial charge in [0.25, 0.3) is 0 Å². The van der Waals surface area contributed by atoms with Gasteiger partial charge >= 0.3 is 0 Å². The summed E-state index contributed by atoms with van der Waals surface area (Å²) in [5, 5.41) is 0. The Morgan fingerprint density at radius 1 is 1.32 bits per heavy atom. The van der Waals surface area contributed by atoms with E-state index in [2.05, 4.69) is 29.8 Å². The first-order chi connectivity index (χ1) is 9.13.